The van der Waals surface area contributed by atoms with Gasteiger partial charge >= 0.3 is 5.97 Å². The van der Waals surface area contributed by atoms with Crippen LogP contribution in [0.4, 0.5) is 0 Å². The van der Waals surface area contributed by atoms with E-state index >= 15 is 0 Å². The van der Waals surface area contributed by atoms with Gasteiger partial charge < -0.3 is 16.6 Å². The molecule has 0 aliphatic rings. The van der Waals surface area contributed by atoms with E-state index in [0.29, 0.717) is 0 Å². The van der Waals surface area contributed by atoms with E-state index in [1.165, 1.54) is 51.4 Å². The van der Waals surface area contributed by atoms with Gasteiger partial charge in [-0.25, -0.2) is 0 Å². The third-order valence-electron chi connectivity index (χ3n) is 4.96. The Balaban J connectivity index is 0. The van der Waals surface area contributed by atoms with E-state index in [1.54, 1.807) is 24.6 Å². The molecule has 0 aromatic heterocycles. The van der Waals surface area contributed by atoms with Crippen LogP contribution in [0.3, 0.4) is 0 Å². The first-order valence-corrected chi connectivity index (χ1v) is 13.4. The van der Waals surface area contributed by atoms with Crippen molar-refractivity contribution in [1.29, 1.82) is 0 Å². The maximum absolute atomic E-state index is 10.1. The predicted octanol–water partition coefficient (Wildman–Crippen LogP) is 4.87. The van der Waals surface area contributed by atoms with E-state index in [9.17, 15) is 9.59 Å². The van der Waals surface area contributed by atoms with E-state index in [-0.39, 0.29) is 12.8 Å². The number of aliphatic carboxylic acids is 1. The van der Waals surface area contributed by atoms with Crippen LogP contribution in [0.15, 0.2) is 0 Å². The summed E-state index contributed by atoms with van der Waals surface area (Å²) in [5.41, 5.74) is 9.81. The third-order valence-corrected chi connectivity index (χ3v) is 10.0. The van der Waals surface area contributed by atoms with Gasteiger partial charge in [-0.15, -0.1) is 0 Å². The molecule has 0 spiro atoms. The van der Waals surface area contributed by atoms with Crippen molar-refractivity contribution in [2.75, 3.05) is 24.6 Å². The van der Waals surface area contributed by atoms with E-state index in [0.717, 1.165) is 0 Å². The summed E-state index contributed by atoms with van der Waals surface area (Å²) in [6.45, 7) is 9.42. The van der Waals surface area contributed by atoms with Gasteiger partial charge in [0, 0.05) is 13.7 Å². The number of hydrogen-bond donors (Lipinski definition) is 3. The lowest BCUT2D eigenvalue weighted by Gasteiger charge is -2.28. The van der Waals surface area contributed by atoms with Crippen molar-refractivity contribution in [1.82, 2.24) is 0 Å². The Morgan fingerprint density at radius 1 is 0.815 bits per heavy atom. The lowest BCUT2D eigenvalue weighted by Crippen LogP contribution is -2.31. The molecule has 1 atom stereocenters. The Morgan fingerprint density at radius 2 is 1.15 bits per heavy atom. The highest BCUT2D eigenvalue weighted by Gasteiger charge is 2.34. The first-order chi connectivity index (χ1) is 12.8. The zero-order valence-corrected chi connectivity index (χ0v) is 19.2. The molecule has 27 heavy (non-hydrogen) atoms. The first-order valence-electron chi connectivity index (χ1n) is 10.9. The number of carboxylic acid groups (broad SMARTS) is 1. The molecule has 0 aromatic rings. The van der Waals surface area contributed by atoms with E-state index in [2.05, 4.69) is 27.7 Å². The van der Waals surface area contributed by atoms with Crippen LogP contribution in [0.25, 0.3) is 0 Å². The Morgan fingerprint density at radius 3 is 1.37 bits per heavy atom. The molecule has 0 bridgehead atoms. The molecule has 0 fully saturated rings. The van der Waals surface area contributed by atoms with Crippen LogP contribution < -0.4 is 11.5 Å². The number of hydrogen-bond acceptors (Lipinski definition) is 3. The molecule has 5 nitrogen and oxygen atoms in total. The van der Waals surface area contributed by atoms with Crippen molar-refractivity contribution in [3.8, 4) is 0 Å². The topological polar surface area (TPSA) is 106 Å². The fourth-order valence-electron chi connectivity index (χ4n) is 3.07. The SMILES string of the molecule is CCCC[P+](CCCC)(CCCC)CCCC.NC(=O)CC[C@H](N)C(=O)O. The maximum Gasteiger partial charge on any atom is 0.320 e. The monoisotopic (exact) mass is 405 g/mol. The molecule has 0 saturated heterocycles. The van der Waals surface area contributed by atoms with Gasteiger partial charge in [0.25, 0.3) is 0 Å². The number of amides is 1. The first kappa shape index (κ1) is 28.5. The zero-order valence-electron chi connectivity index (χ0n) is 18.3. The molecule has 6 heteroatoms. The van der Waals surface area contributed by atoms with E-state index < -0.39 is 25.2 Å². The quantitative estimate of drug-likeness (QED) is 0.318. The molecule has 5 N–H and O–H groups in total. The molecule has 0 aromatic carbocycles. The number of carbonyl (C=O) groups is 2. The summed E-state index contributed by atoms with van der Waals surface area (Å²) in [6, 6.07) is -0.979. The molecule has 0 radical (unpaired) electrons. The van der Waals surface area contributed by atoms with Gasteiger partial charge in [-0.1, -0.05) is 53.4 Å². The van der Waals surface area contributed by atoms with Gasteiger partial charge in [0.2, 0.25) is 5.91 Å². The van der Waals surface area contributed by atoms with Gasteiger partial charge in [0.05, 0.1) is 24.6 Å². The fourth-order valence-corrected chi connectivity index (χ4v) is 8.36. The van der Waals surface area contributed by atoms with Gasteiger partial charge in [-0.3, -0.25) is 9.59 Å². The highest BCUT2D eigenvalue weighted by Crippen LogP contribution is 2.61. The van der Waals surface area contributed by atoms with Crippen molar-refractivity contribution in [3.05, 3.63) is 0 Å². The minimum atomic E-state index is -1.11. The maximum atomic E-state index is 10.1. The van der Waals surface area contributed by atoms with Crippen LogP contribution in [0.1, 0.15) is 91.9 Å². The second-order valence-electron chi connectivity index (χ2n) is 7.60. The number of carbonyl (C=O) groups excluding carboxylic acids is 1. The molecule has 1 amide bonds. The van der Waals surface area contributed by atoms with Crippen molar-refractivity contribution in [3.63, 3.8) is 0 Å². The zero-order chi connectivity index (χ0) is 21.1. The summed E-state index contributed by atoms with van der Waals surface area (Å²) in [5.74, 6) is -1.64. The summed E-state index contributed by atoms with van der Waals surface area (Å²) < 4.78 is 0. The van der Waals surface area contributed by atoms with Crippen LogP contribution in [-0.4, -0.2) is 47.7 Å². The largest absolute Gasteiger partial charge is 0.480 e. The normalized spacial score (nSPS) is 12.2. The Bertz CT molecular complexity index is 341. The second-order valence-corrected chi connectivity index (χ2v) is 12.1. The fraction of sp³-hybridized carbons (Fsp3) is 0.905. The Kier molecular flexibility index (Phi) is 19.7. The van der Waals surface area contributed by atoms with Crippen LogP contribution in [-0.2, 0) is 9.59 Å². The lowest BCUT2D eigenvalue weighted by molar-refractivity contribution is -0.138. The van der Waals surface area contributed by atoms with Gasteiger partial charge in [-0.2, -0.15) is 0 Å². The van der Waals surface area contributed by atoms with Crippen molar-refractivity contribution >= 4 is 19.1 Å². The summed E-state index contributed by atoms with van der Waals surface area (Å²) in [7, 11) is -0.562. The minimum Gasteiger partial charge on any atom is -0.480 e. The standard InChI is InChI=1S/C16H36P.C5H10N2O3/c1-5-9-13-17(14-10-6-2,15-11-7-3)16-12-8-4;6-3(5(9)10)1-2-4(7)8/h5-16H2,1-4H3;3H,1-2,6H2,(H2,7,8)(H,9,10)/q+1;/t;3-/m.0/s1. The lowest BCUT2D eigenvalue weighted by atomic mass is 10.2. The third kappa shape index (κ3) is 17.2. The average molecular weight is 406 g/mol. The van der Waals surface area contributed by atoms with Crippen molar-refractivity contribution in [2.24, 2.45) is 11.5 Å². The van der Waals surface area contributed by atoms with Crippen molar-refractivity contribution in [2.45, 2.75) is 97.9 Å². The number of rotatable bonds is 16. The summed E-state index contributed by atoms with van der Waals surface area (Å²) >= 11 is 0. The van der Waals surface area contributed by atoms with E-state index in [1.807, 2.05) is 0 Å². The summed E-state index contributed by atoms with van der Waals surface area (Å²) in [6.07, 6.45) is 18.1. The van der Waals surface area contributed by atoms with Crippen LogP contribution in [0.5, 0.6) is 0 Å². The number of unbranched alkanes of at least 4 members (excludes halogenated alkanes) is 4. The second kappa shape index (κ2) is 18.7. The molecule has 0 heterocycles. The number of primary amides is 1. The molecule has 0 aliphatic heterocycles. The van der Waals surface area contributed by atoms with Crippen molar-refractivity contribution < 1.29 is 14.7 Å². The Hall–Kier alpha value is -0.670. The van der Waals surface area contributed by atoms with Crippen LogP contribution in [0.2, 0.25) is 0 Å². The Labute approximate surface area is 168 Å². The number of carboxylic acids is 1. The molecule has 0 unspecified atom stereocenters. The van der Waals surface area contributed by atoms with Crippen LogP contribution in [0, 0.1) is 0 Å². The summed E-state index contributed by atoms with van der Waals surface area (Å²) in [4.78, 5) is 20.1. The minimum absolute atomic E-state index is 0.0213. The van der Waals surface area contributed by atoms with Crippen LogP contribution >= 0.6 is 7.26 Å². The summed E-state index contributed by atoms with van der Waals surface area (Å²) in [5, 5.41) is 8.22. The molecular weight excluding hydrogens is 359 g/mol. The van der Waals surface area contributed by atoms with E-state index in [4.69, 9.17) is 16.6 Å². The van der Waals surface area contributed by atoms with Gasteiger partial charge in [0.1, 0.15) is 6.04 Å². The molecule has 0 rings (SSSR count). The average Bonchev–Trinajstić information content (AvgIpc) is 2.65. The smallest absolute Gasteiger partial charge is 0.320 e. The highest BCUT2D eigenvalue weighted by molar-refractivity contribution is 7.75. The van der Waals surface area contributed by atoms with Gasteiger partial charge in [0.15, 0.2) is 0 Å². The molecular formula is C21H46N2O3P+. The highest BCUT2D eigenvalue weighted by atomic mass is 31.2. The predicted molar refractivity (Wildman–Crippen MR) is 120 cm³/mol. The molecule has 0 aliphatic carbocycles. The van der Waals surface area contributed by atoms with Gasteiger partial charge in [-0.05, 0) is 32.1 Å². The number of nitrogens with two attached hydrogens (primary N) is 2. The molecule has 0 saturated carbocycles. The molecule has 162 valence electrons.